The van der Waals surface area contributed by atoms with Crippen molar-refractivity contribution in [2.45, 2.75) is 19.8 Å². The molecule has 47 valence electrons. The molecule has 0 spiro atoms. The van der Waals surface area contributed by atoms with Crippen molar-refractivity contribution in [3.63, 3.8) is 0 Å². The van der Waals surface area contributed by atoms with Crippen molar-refractivity contribution in [3.05, 3.63) is 35.9 Å². The molecule has 0 nitrogen and oxygen atoms in total. The molecule has 9 heavy (non-hydrogen) atoms. The maximum absolute atomic E-state index is 3.17. The Morgan fingerprint density at radius 3 is 2.89 bits per heavy atom. The van der Waals surface area contributed by atoms with E-state index >= 15 is 0 Å². The van der Waals surface area contributed by atoms with Gasteiger partial charge in [-0.15, -0.1) is 0 Å². The van der Waals surface area contributed by atoms with Gasteiger partial charge in [-0.2, -0.15) is 0 Å². The molecular weight excluding hydrogens is 108 g/mol. The molecule has 0 saturated carbocycles. The molecule has 1 rings (SSSR count). The van der Waals surface area contributed by atoms with Crippen LogP contribution in [0, 0.1) is 6.07 Å². The van der Waals surface area contributed by atoms with Gasteiger partial charge in [0.05, 0.1) is 0 Å². The molecule has 0 aromatic heterocycles. The average molecular weight is 119 g/mol. The van der Waals surface area contributed by atoms with Crippen LogP contribution in [0.4, 0.5) is 0 Å². The maximum Gasteiger partial charge on any atom is -0.0149 e. The molecule has 0 atom stereocenters. The third-order valence-electron chi connectivity index (χ3n) is 1.29. The third kappa shape index (κ3) is 1.88. The van der Waals surface area contributed by atoms with Crippen LogP contribution < -0.4 is 0 Å². The van der Waals surface area contributed by atoms with Crippen LogP contribution in [0.25, 0.3) is 0 Å². The van der Waals surface area contributed by atoms with E-state index in [4.69, 9.17) is 0 Å². The molecule has 0 aliphatic rings. The third-order valence-corrected chi connectivity index (χ3v) is 1.29. The molecule has 0 N–H and O–H groups in total. The van der Waals surface area contributed by atoms with Crippen molar-refractivity contribution in [2.24, 2.45) is 0 Å². The van der Waals surface area contributed by atoms with E-state index in [2.05, 4.69) is 25.1 Å². The molecule has 0 bridgehead atoms. The van der Waals surface area contributed by atoms with Crippen LogP contribution in [-0.4, -0.2) is 0 Å². The molecule has 1 aromatic rings. The van der Waals surface area contributed by atoms with Crippen LogP contribution in [0.15, 0.2) is 24.3 Å². The molecule has 0 heteroatoms. The second kappa shape index (κ2) is 3.29. The fraction of sp³-hybridized carbons (Fsp3) is 0.333. The van der Waals surface area contributed by atoms with Crippen molar-refractivity contribution in [3.8, 4) is 0 Å². The zero-order chi connectivity index (χ0) is 6.53. The van der Waals surface area contributed by atoms with Gasteiger partial charge in [0.1, 0.15) is 0 Å². The van der Waals surface area contributed by atoms with Crippen LogP contribution in [0.2, 0.25) is 0 Å². The first-order valence-electron chi connectivity index (χ1n) is 3.39. The summed E-state index contributed by atoms with van der Waals surface area (Å²) < 4.78 is 0. The Morgan fingerprint density at radius 2 is 2.33 bits per heavy atom. The van der Waals surface area contributed by atoms with E-state index in [0.717, 1.165) is 6.42 Å². The lowest BCUT2D eigenvalue weighted by Gasteiger charge is -1.93. The minimum atomic E-state index is 1.15. The van der Waals surface area contributed by atoms with Gasteiger partial charge in [0.2, 0.25) is 0 Å². The predicted molar refractivity (Wildman–Crippen MR) is 39.3 cm³/mol. The molecule has 0 saturated heterocycles. The Balaban J connectivity index is 2.61. The SMILES string of the molecule is CCCc1[c]cccc1. The highest BCUT2D eigenvalue weighted by atomic mass is 13.9. The lowest BCUT2D eigenvalue weighted by atomic mass is 10.1. The fourth-order valence-corrected chi connectivity index (χ4v) is 0.855. The zero-order valence-corrected chi connectivity index (χ0v) is 5.72. The standard InChI is InChI=1S/C9H11/c1-2-6-9-7-4-3-5-8-9/h3-5,7H,2,6H2,1H3. The second-order valence-corrected chi connectivity index (χ2v) is 2.14. The van der Waals surface area contributed by atoms with E-state index < -0.39 is 0 Å². The number of benzene rings is 1. The summed E-state index contributed by atoms with van der Waals surface area (Å²) in [5, 5.41) is 0. The maximum atomic E-state index is 3.17. The second-order valence-electron chi connectivity index (χ2n) is 2.14. The van der Waals surface area contributed by atoms with E-state index in [0.29, 0.717) is 0 Å². The summed E-state index contributed by atoms with van der Waals surface area (Å²) in [6, 6.07) is 11.3. The molecule has 0 unspecified atom stereocenters. The van der Waals surface area contributed by atoms with Gasteiger partial charge in [-0.3, -0.25) is 0 Å². The largest absolute Gasteiger partial charge is 0.0651 e. The predicted octanol–water partition coefficient (Wildman–Crippen LogP) is 2.44. The zero-order valence-electron chi connectivity index (χ0n) is 5.72. The van der Waals surface area contributed by atoms with Crippen LogP contribution in [0.1, 0.15) is 18.9 Å². The van der Waals surface area contributed by atoms with Gasteiger partial charge < -0.3 is 0 Å². The monoisotopic (exact) mass is 119 g/mol. The summed E-state index contributed by atoms with van der Waals surface area (Å²) in [5.41, 5.74) is 1.32. The van der Waals surface area contributed by atoms with Crippen LogP contribution >= 0.6 is 0 Å². The van der Waals surface area contributed by atoms with Crippen molar-refractivity contribution >= 4 is 0 Å². The van der Waals surface area contributed by atoms with Crippen LogP contribution in [-0.2, 0) is 6.42 Å². The van der Waals surface area contributed by atoms with Gasteiger partial charge in [-0.25, -0.2) is 0 Å². The molecule has 0 fully saturated rings. The fourth-order valence-electron chi connectivity index (χ4n) is 0.855. The van der Waals surface area contributed by atoms with Crippen molar-refractivity contribution in [2.75, 3.05) is 0 Å². The first kappa shape index (κ1) is 6.34. The Labute approximate surface area is 56.5 Å². The minimum Gasteiger partial charge on any atom is -0.0651 e. The van der Waals surface area contributed by atoms with E-state index in [1.165, 1.54) is 12.0 Å². The summed E-state index contributed by atoms with van der Waals surface area (Å²) in [5.74, 6) is 0. The smallest absolute Gasteiger partial charge is 0.0149 e. The van der Waals surface area contributed by atoms with E-state index in [-0.39, 0.29) is 0 Å². The molecule has 1 aromatic carbocycles. The Morgan fingerprint density at radius 1 is 1.44 bits per heavy atom. The molecular formula is C9H11. The highest BCUT2D eigenvalue weighted by Gasteiger charge is 1.85. The average Bonchev–Trinajstić information content (AvgIpc) is 1.91. The van der Waals surface area contributed by atoms with Gasteiger partial charge in [-0.1, -0.05) is 37.6 Å². The van der Waals surface area contributed by atoms with E-state index in [1.807, 2.05) is 12.1 Å². The summed E-state index contributed by atoms with van der Waals surface area (Å²) in [6.45, 7) is 2.18. The first-order chi connectivity index (χ1) is 4.43. The Hall–Kier alpha value is -0.780. The molecule has 0 heterocycles. The van der Waals surface area contributed by atoms with Crippen molar-refractivity contribution < 1.29 is 0 Å². The number of hydrogen-bond donors (Lipinski definition) is 0. The topological polar surface area (TPSA) is 0 Å². The highest BCUT2D eigenvalue weighted by molar-refractivity contribution is 5.12. The van der Waals surface area contributed by atoms with Gasteiger partial charge in [0.25, 0.3) is 0 Å². The van der Waals surface area contributed by atoms with Crippen molar-refractivity contribution in [1.82, 2.24) is 0 Å². The summed E-state index contributed by atoms with van der Waals surface area (Å²) in [4.78, 5) is 0. The molecule has 1 radical (unpaired) electrons. The number of hydrogen-bond acceptors (Lipinski definition) is 0. The summed E-state index contributed by atoms with van der Waals surface area (Å²) in [7, 11) is 0. The lowest BCUT2D eigenvalue weighted by molar-refractivity contribution is 0.920. The lowest BCUT2D eigenvalue weighted by Crippen LogP contribution is -1.79. The normalized spacial score (nSPS) is 9.44. The molecule has 0 aliphatic carbocycles. The highest BCUT2D eigenvalue weighted by Crippen LogP contribution is 1.99. The molecule has 0 amide bonds. The summed E-state index contributed by atoms with van der Waals surface area (Å²) >= 11 is 0. The van der Waals surface area contributed by atoms with E-state index in [1.54, 1.807) is 0 Å². The summed E-state index contributed by atoms with van der Waals surface area (Å²) in [6.07, 6.45) is 2.36. The van der Waals surface area contributed by atoms with Crippen LogP contribution in [0.3, 0.4) is 0 Å². The molecule has 0 aliphatic heterocycles. The Bertz CT molecular complexity index is 153. The van der Waals surface area contributed by atoms with Gasteiger partial charge >= 0.3 is 0 Å². The van der Waals surface area contributed by atoms with Gasteiger partial charge in [0, 0.05) is 0 Å². The minimum absolute atomic E-state index is 1.15. The van der Waals surface area contributed by atoms with Crippen molar-refractivity contribution in [1.29, 1.82) is 0 Å². The number of rotatable bonds is 2. The Kier molecular flexibility index (Phi) is 2.32. The quantitative estimate of drug-likeness (QED) is 0.561. The van der Waals surface area contributed by atoms with Gasteiger partial charge in [0.15, 0.2) is 0 Å². The van der Waals surface area contributed by atoms with Crippen LogP contribution in [0.5, 0.6) is 0 Å². The number of aryl methyl sites for hydroxylation is 1. The van der Waals surface area contributed by atoms with E-state index in [9.17, 15) is 0 Å². The first-order valence-corrected chi connectivity index (χ1v) is 3.39. The van der Waals surface area contributed by atoms with Gasteiger partial charge in [-0.05, 0) is 18.1 Å².